The zero-order valence-corrected chi connectivity index (χ0v) is 11.9. The van der Waals surface area contributed by atoms with Crippen LogP contribution in [0.5, 0.6) is 0 Å². The van der Waals surface area contributed by atoms with Gasteiger partial charge in [-0.2, -0.15) is 0 Å². The molecule has 0 aromatic carbocycles. The monoisotopic (exact) mass is 275 g/mol. The van der Waals surface area contributed by atoms with Crippen molar-refractivity contribution in [1.82, 2.24) is 14.5 Å². The van der Waals surface area contributed by atoms with Crippen molar-refractivity contribution in [2.45, 2.75) is 20.4 Å². The predicted octanol–water partition coefficient (Wildman–Crippen LogP) is 3.82. The molecule has 0 saturated carbocycles. The minimum Gasteiger partial charge on any atom is -0.329 e. The summed E-state index contributed by atoms with van der Waals surface area (Å²) >= 11 is 7.18. The third-order valence-corrected chi connectivity index (χ3v) is 4.52. The number of H-pyrrole nitrogens is 1. The predicted molar refractivity (Wildman–Crippen MR) is 77.8 cm³/mol. The van der Waals surface area contributed by atoms with E-state index in [0.29, 0.717) is 0 Å². The third kappa shape index (κ3) is 1.89. The van der Waals surface area contributed by atoms with Crippen LogP contribution in [0.1, 0.15) is 15.3 Å². The Hall–Kier alpha value is -1.46. The van der Waals surface area contributed by atoms with Crippen LogP contribution in [-0.2, 0) is 6.54 Å². The molecule has 0 radical (unpaired) electrons. The quantitative estimate of drug-likeness (QED) is 0.721. The molecule has 3 nitrogen and oxygen atoms in total. The van der Waals surface area contributed by atoms with Crippen molar-refractivity contribution < 1.29 is 0 Å². The van der Waals surface area contributed by atoms with Gasteiger partial charge in [0, 0.05) is 16.0 Å². The minimum atomic E-state index is 0.729. The maximum absolute atomic E-state index is 5.36. The van der Waals surface area contributed by atoms with Gasteiger partial charge in [-0.3, -0.25) is 4.57 Å². The second kappa shape index (κ2) is 4.33. The molecule has 1 N–H and O–H groups in total. The van der Waals surface area contributed by atoms with Crippen LogP contribution >= 0.6 is 23.6 Å². The van der Waals surface area contributed by atoms with E-state index in [-0.39, 0.29) is 0 Å². The fraction of sp³-hybridized carbons (Fsp3) is 0.231. The molecule has 3 rings (SSSR count). The lowest BCUT2D eigenvalue weighted by Crippen LogP contribution is -1.98. The van der Waals surface area contributed by atoms with Crippen LogP contribution in [0.25, 0.3) is 11.2 Å². The summed E-state index contributed by atoms with van der Waals surface area (Å²) in [6.07, 6.45) is 1.80. The van der Waals surface area contributed by atoms with Crippen LogP contribution in [0, 0.1) is 18.6 Å². The fourth-order valence-corrected chi connectivity index (χ4v) is 3.32. The molecule has 0 aliphatic heterocycles. The summed E-state index contributed by atoms with van der Waals surface area (Å²) in [5.74, 6) is 0. The Balaban J connectivity index is 2.09. The van der Waals surface area contributed by atoms with Gasteiger partial charge in [-0.05, 0) is 49.8 Å². The maximum atomic E-state index is 5.36. The van der Waals surface area contributed by atoms with E-state index in [1.165, 1.54) is 15.3 Å². The Labute approximate surface area is 114 Å². The lowest BCUT2D eigenvalue weighted by atomic mass is 10.3. The van der Waals surface area contributed by atoms with E-state index < -0.39 is 0 Å². The number of aromatic nitrogens is 3. The van der Waals surface area contributed by atoms with Crippen LogP contribution in [-0.4, -0.2) is 14.5 Å². The lowest BCUT2D eigenvalue weighted by molar-refractivity contribution is 0.812. The average molecular weight is 275 g/mol. The molecule has 0 saturated heterocycles. The number of rotatable bonds is 2. The molecule has 0 unspecified atom stereocenters. The van der Waals surface area contributed by atoms with Crippen LogP contribution in [0.2, 0.25) is 0 Å². The highest BCUT2D eigenvalue weighted by Gasteiger charge is 2.08. The van der Waals surface area contributed by atoms with Crippen molar-refractivity contribution in [2.24, 2.45) is 0 Å². The van der Waals surface area contributed by atoms with Crippen molar-refractivity contribution in [3.8, 4) is 0 Å². The van der Waals surface area contributed by atoms with Gasteiger partial charge in [-0.15, -0.1) is 11.3 Å². The van der Waals surface area contributed by atoms with Crippen LogP contribution in [0.4, 0.5) is 0 Å². The molecule has 3 aromatic heterocycles. The van der Waals surface area contributed by atoms with Crippen LogP contribution in [0.15, 0.2) is 24.4 Å². The summed E-state index contributed by atoms with van der Waals surface area (Å²) in [5.41, 5.74) is 3.26. The molecular formula is C13H13N3S2. The number of thiophene rings is 1. The van der Waals surface area contributed by atoms with Gasteiger partial charge >= 0.3 is 0 Å². The van der Waals surface area contributed by atoms with Gasteiger partial charge in [0.15, 0.2) is 10.4 Å². The third-order valence-electron chi connectivity index (χ3n) is 3.06. The van der Waals surface area contributed by atoms with Gasteiger partial charge in [0.1, 0.15) is 0 Å². The van der Waals surface area contributed by atoms with Crippen LogP contribution < -0.4 is 0 Å². The smallest absolute Gasteiger partial charge is 0.179 e. The SMILES string of the molecule is Cc1cc(Cn2c(=S)[nH]c3cccnc32)sc1C. The number of nitrogens with zero attached hydrogens (tertiary/aromatic N) is 2. The zero-order valence-electron chi connectivity index (χ0n) is 10.2. The molecule has 0 amide bonds. The van der Waals surface area contributed by atoms with Gasteiger partial charge in [0.25, 0.3) is 0 Å². The molecule has 3 heterocycles. The van der Waals surface area contributed by atoms with E-state index in [0.717, 1.165) is 22.5 Å². The first-order chi connectivity index (χ1) is 8.65. The Morgan fingerprint density at radius 2 is 2.28 bits per heavy atom. The molecule has 0 fully saturated rings. The highest BCUT2D eigenvalue weighted by Crippen LogP contribution is 2.23. The molecular weight excluding hydrogens is 262 g/mol. The minimum absolute atomic E-state index is 0.729. The highest BCUT2D eigenvalue weighted by atomic mass is 32.1. The second-order valence-corrected chi connectivity index (χ2v) is 6.07. The Bertz CT molecular complexity index is 744. The van der Waals surface area contributed by atoms with Crippen molar-refractivity contribution in [3.63, 3.8) is 0 Å². The number of aryl methyl sites for hydroxylation is 2. The number of hydrogen-bond donors (Lipinski definition) is 1. The normalized spacial score (nSPS) is 11.2. The standard InChI is InChI=1S/C13H13N3S2/c1-8-6-10(18-9(8)2)7-16-12-11(15-13(16)17)4-3-5-14-12/h3-6H,7H2,1-2H3,(H,15,17). The van der Waals surface area contributed by atoms with Gasteiger partial charge < -0.3 is 4.98 Å². The van der Waals surface area contributed by atoms with Crippen molar-refractivity contribution in [1.29, 1.82) is 0 Å². The highest BCUT2D eigenvalue weighted by molar-refractivity contribution is 7.71. The molecule has 92 valence electrons. The number of imidazole rings is 1. The van der Waals surface area contributed by atoms with E-state index in [4.69, 9.17) is 12.2 Å². The Morgan fingerprint density at radius 1 is 1.44 bits per heavy atom. The van der Waals surface area contributed by atoms with Crippen molar-refractivity contribution in [2.75, 3.05) is 0 Å². The topological polar surface area (TPSA) is 33.6 Å². The average Bonchev–Trinajstić information content (AvgIpc) is 2.82. The molecule has 0 spiro atoms. The van der Waals surface area contributed by atoms with Crippen LogP contribution in [0.3, 0.4) is 0 Å². The number of nitrogens with one attached hydrogen (secondary N) is 1. The summed E-state index contributed by atoms with van der Waals surface area (Å²) in [7, 11) is 0. The Kier molecular flexibility index (Phi) is 2.80. The van der Waals surface area contributed by atoms with Gasteiger partial charge in [0.2, 0.25) is 0 Å². The largest absolute Gasteiger partial charge is 0.329 e. The lowest BCUT2D eigenvalue weighted by Gasteiger charge is -2.00. The van der Waals surface area contributed by atoms with E-state index in [9.17, 15) is 0 Å². The summed E-state index contributed by atoms with van der Waals surface area (Å²) in [6.45, 7) is 5.08. The number of hydrogen-bond acceptors (Lipinski definition) is 3. The zero-order chi connectivity index (χ0) is 12.7. The van der Waals surface area contributed by atoms with Crippen molar-refractivity contribution in [3.05, 3.63) is 44.5 Å². The number of fused-ring (bicyclic) bond motifs is 1. The number of pyridine rings is 1. The van der Waals surface area contributed by atoms with E-state index in [1.807, 2.05) is 23.5 Å². The van der Waals surface area contributed by atoms with Crippen molar-refractivity contribution >= 4 is 34.7 Å². The number of aromatic amines is 1. The molecule has 3 aromatic rings. The first-order valence-corrected chi connectivity index (χ1v) is 6.97. The molecule has 0 atom stereocenters. The first kappa shape index (κ1) is 11.6. The van der Waals surface area contributed by atoms with E-state index in [2.05, 4.69) is 34.4 Å². The molecule has 0 aliphatic rings. The van der Waals surface area contributed by atoms with E-state index >= 15 is 0 Å². The van der Waals surface area contributed by atoms with E-state index in [1.54, 1.807) is 6.20 Å². The summed E-state index contributed by atoms with van der Waals surface area (Å²) in [6, 6.07) is 6.14. The second-order valence-electron chi connectivity index (χ2n) is 4.34. The maximum Gasteiger partial charge on any atom is 0.179 e. The molecule has 5 heteroatoms. The first-order valence-electron chi connectivity index (χ1n) is 5.74. The van der Waals surface area contributed by atoms with Gasteiger partial charge in [-0.25, -0.2) is 4.98 Å². The summed E-state index contributed by atoms with van der Waals surface area (Å²) < 4.78 is 2.78. The summed E-state index contributed by atoms with van der Waals surface area (Å²) in [4.78, 5) is 10.3. The van der Waals surface area contributed by atoms with Gasteiger partial charge in [-0.1, -0.05) is 0 Å². The molecule has 0 aliphatic carbocycles. The molecule has 18 heavy (non-hydrogen) atoms. The van der Waals surface area contributed by atoms with Gasteiger partial charge in [0.05, 0.1) is 12.1 Å². The summed E-state index contributed by atoms with van der Waals surface area (Å²) in [5, 5.41) is 0. The Morgan fingerprint density at radius 3 is 3.00 bits per heavy atom. The fourth-order valence-electron chi connectivity index (χ4n) is 2.02. The molecule has 0 bridgehead atoms.